The van der Waals surface area contributed by atoms with E-state index in [0.717, 1.165) is 19.3 Å². The van der Waals surface area contributed by atoms with Gasteiger partial charge < -0.3 is 5.11 Å². The third kappa shape index (κ3) is 1.37. The van der Waals surface area contributed by atoms with Crippen molar-refractivity contribution in [1.29, 1.82) is 0 Å². The lowest BCUT2D eigenvalue weighted by molar-refractivity contribution is 0.0244. The fraction of sp³-hybridized carbons (Fsp3) is 0.667. The van der Waals surface area contributed by atoms with Crippen molar-refractivity contribution >= 4 is 0 Å². The third-order valence-corrected chi connectivity index (χ3v) is 2.63. The first-order chi connectivity index (χ1) is 5.75. The average Bonchev–Trinajstić information content (AvgIpc) is 2.44. The lowest BCUT2D eigenvalue weighted by Crippen LogP contribution is -2.32. The molecule has 1 aromatic heterocycles. The SMILES string of the molecule is Cn1cc(CC2CCC2O)cn1. The van der Waals surface area contributed by atoms with Crippen LogP contribution in [0.2, 0.25) is 0 Å². The minimum Gasteiger partial charge on any atom is -0.393 e. The largest absolute Gasteiger partial charge is 0.393 e. The summed E-state index contributed by atoms with van der Waals surface area (Å²) in [6.07, 6.45) is 6.96. The van der Waals surface area contributed by atoms with Crippen LogP contribution < -0.4 is 0 Å². The molecule has 1 aromatic rings. The zero-order valence-corrected chi connectivity index (χ0v) is 7.27. The van der Waals surface area contributed by atoms with Gasteiger partial charge in [0.1, 0.15) is 0 Å². The molecule has 1 heterocycles. The van der Waals surface area contributed by atoms with Gasteiger partial charge in [-0.15, -0.1) is 0 Å². The Bertz CT molecular complexity index is 269. The molecule has 66 valence electrons. The molecule has 1 fully saturated rings. The van der Waals surface area contributed by atoms with Gasteiger partial charge in [-0.2, -0.15) is 5.10 Å². The number of aromatic nitrogens is 2. The van der Waals surface area contributed by atoms with Crippen molar-refractivity contribution in [3.8, 4) is 0 Å². The highest BCUT2D eigenvalue weighted by Gasteiger charge is 2.28. The van der Waals surface area contributed by atoms with Crippen molar-refractivity contribution in [2.75, 3.05) is 0 Å². The van der Waals surface area contributed by atoms with Crippen molar-refractivity contribution in [1.82, 2.24) is 9.78 Å². The summed E-state index contributed by atoms with van der Waals surface area (Å²) in [7, 11) is 1.92. The number of rotatable bonds is 2. The molecule has 0 aliphatic heterocycles. The highest BCUT2D eigenvalue weighted by Crippen LogP contribution is 2.30. The quantitative estimate of drug-likeness (QED) is 0.703. The molecule has 1 saturated carbocycles. The molecular weight excluding hydrogens is 152 g/mol. The van der Waals surface area contributed by atoms with Gasteiger partial charge >= 0.3 is 0 Å². The molecular formula is C9H14N2O. The van der Waals surface area contributed by atoms with Crippen LogP contribution in [0.4, 0.5) is 0 Å². The van der Waals surface area contributed by atoms with Crippen LogP contribution in [0.1, 0.15) is 18.4 Å². The van der Waals surface area contributed by atoms with Crippen LogP contribution >= 0.6 is 0 Å². The van der Waals surface area contributed by atoms with Crippen LogP contribution in [0, 0.1) is 5.92 Å². The van der Waals surface area contributed by atoms with E-state index in [-0.39, 0.29) is 6.10 Å². The fourth-order valence-corrected chi connectivity index (χ4v) is 1.67. The van der Waals surface area contributed by atoms with E-state index in [4.69, 9.17) is 0 Å². The van der Waals surface area contributed by atoms with E-state index < -0.39 is 0 Å². The summed E-state index contributed by atoms with van der Waals surface area (Å²) in [5, 5.41) is 13.4. The third-order valence-electron chi connectivity index (χ3n) is 2.63. The molecule has 2 unspecified atom stereocenters. The summed E-state index contributed by atoms with van der Waals surface area (Å²) >= 11 is 0. The van der Waals surface area contributed by atoms with Gasteiger partial charge in [-0.3, -0.25) is 4.68 Å². The first-order valence-electron chi connectivity index (χ1n) is 4.41. The summed E-state index contributed by atoms with van der Waals surface area (Å²) in [4.78, 5) is 0. The highest BCUT2D eigenvalue weighted by molar-refractivity contribution is 5.06. The van der Waals surface area contributed by atoms with E-state index in [1.807, 2.05) is 19.4 Å². The van der Waals surface area contributed by atoms with Gasteiger partial charge in [-0.25, -0.2) is 0 Å². The monoisotopic (exact) mass is 166 g/mol. The Balaban J connectivity index is 1.95. The van der Waals surface area contributed by atoms with Crippen molar-refractivity contribution in [2.45, 2.75) is 25.4 Å². The van der Waals surface area contributed by atoms with E-state index in [9.17, 15) is 5.11 Å². The van der Waals surface area contributed by atoms with E-state index in [1.165, 1.54) is 5.56 Å². The Hall–Kier alpha value is -0.830. The van der Waals surface area contributed by atoms with Gasteiger partial charge in [-0.1, -0.05) is 0 Å². The predicted molar refractivity (Wildman–Crippen MR) is 45.6 cm³/mol. The van der Waals surface area contributed by atoms with Gasteiger partial charge in [0.25, 0.3) is 0 Å². The molecule has 0 spiro atoms. The minimum atomic E-state index is -0.0646. The molecule has 3 heteroatoms. The maximum atomic E-state index is 9.35. The van der Waals surface area contributed by atoms with E-state index in [0.29, 0.717) is 5.92 Å². The zero-order valence-electron chi connectivity index (χ0n) is 7.27. The van der Waals surface area contributed by atoms with Crippen molar-refractivity contribution in [3.63, 3.8) is 0 Å². The van der Waals surface area contributed by atoms with E-state index >= 15 is 0 Å². The van der Waals surface area contributed by atoms with Crippen LogP contribution in [0.15, 0.2) is 12.4 Å². The van der Waals surface area contributed by atoms with E-state index in [2.05, 4.69) is 5.10 Å². The molecule has 1 N–H and O–H groups in total. The van der Waals surface area contributed by atoms with Gasteiger partial charge in [0.15, 0.2) is 0 Å². The van der Waals surface area contributed by atoms with Crippen LogP contribution in [0.5, 0.6) is 0 Å². The summed E-state index contributed by atoms with van der Waals surface area (Å²) in [5.74, 6) is 0.481. The molecule has 1 aliphatic carbocycles. The molecule has 2 atom stereocenters. The second kappa shape index (κ2) is 2.90. The number of nitrogens with zero attached hydrogens (tertiary/aromatic N) is 2. The number of hydrogen-bond donors (Lipinski definition) is 1. The smallest absolute Gasteiger partial charge is 0.0571 e. The molecule has 0 aromatic carbocycles. The summed E-state index contributed by atoms with van der Waals surface area (Å²) < 4.78 is 1.81. The Morgan fingerprint density at radius 2 is 2.50 bits per heavy atom. The molecule has 0 bridgehead atoms. The van der Waals surface area contributed by atoms with Gasteiger partial charge in [0.2, 0.25) is 0 Å². The van der Waals surface area contributed by atoms with Crippen LogP contribution in [-0.4, -0.2) is 21.0 Å². The second-order valence-corrected chi connectivity index (χ2v) is 3.63. The standard InChI is InChI=1S/C9H14N2O/c1-11-6-7(5-10-11)4-8-2-3-9(8)12/h5-6,8-9,12H,2-4H2,1H3. The molecule has 2 rings (SSSR count). The van der Waals surface area contributed by atoms with Gasteiger partial charge in [0, 0.05) is 13.2 Å². The highest BCUT2D eigenvalue weighted by atomic mass is 16.3. The second-order valence-electron chi connectivity index (χ2n) is 3.63. The summed E-state index contributed by atoms with van der Waals surface area (Å²) in [5.41, 5.74) is 1.24. The predicted octanol–water partition coefficient (Wildman–Crippen LogP) is 0.733. The fourth-order valence-electron chi connectivity index (χ4n) is 1.67. The van der Waals surface area contributed by atoms with Crippen LogP contribution in [0.25, 0.3) is 0 Å². The van der Waals surface area contributed by atoms with Crippen molar-refractivity contribution in [2.24, 2.45) is 13.0 Å². The minimum absolute atomic E-state index is 0.0646. The van der Waals surface area contributed by atoms with Crippen LogP contribution in [-0.2, 0) is 13.5 Å². The molecule has 12 heavy (non-hydrogen) atoms. The lowest BCUT2D eigenvalue weighted by Gasteiger charge is -2.31. The topological polar surface area (TPSA) is 38.0 Å². The average molecular weight is 166 g/mol. The van der Waals surface area contributed by atoms with Gasteiger partial charge in [-0.05, 0) is 30.7 Å². The molecule has 0 saturated heterocycles. The molecule has 0 amide bonds. The first-order valence-corrected chi connectivity index (χ1v) is 4.41. The molecule has 1 aliphatic rings. The Kier molecular flexibility index (Phi) is 1.89. The Morgan fingerprint density at radius 3 is 2.92 bits per heavy atom. The number of hydrogen-bond acceptors (Lipinski definition) is 2. The maximum absolute atomic E-state index is 9.35. The number of aliphatic hydroxyl groups excluding tert-OH is 1. The van der Waals surface area contributed by atoms with Gasteiger partial charge in [0.05, 0.1) is 12.3 Å². The molecule has 3 nitrogen and oxygen atoms in total. The Morgan fingerprint density at radius 1 is 1.67 bits per heavy atom. The lowest BCUT2D eigenvalue weighted by atomic mass is 9.78. The number of aliphatic hydroxyl groups is 1. The first kappa shape index (κ1) is 7.80. The normalized spacial score (nSPS) is 28.5. The zero-order chi connectivity index (χ0) is 8.55. The summed E-state index contributed by atoms with van der Waals surface area (Å²) in [6, 6.07) is 0. The maximum Gasteiger partial charge on any atom is 0.0571 e. The Labute approximate surface area is 72.0 Å². The number of aryl methyl sites for hydroxylation is 1. The van der Waals surface area contributed by atoms with Crippen LogP contribution in [0.3, 0.4) is 0 Å². The van der Waals surface area contributed by atoms with E-state index in [1.54, 1.807) is 4.68 Å². The van der Waals surface area contributed by atoms with Crippen molar-refractivity contribution < 1.29 is 5.11 Å². The summed E-state index contributed by atoms with van der Waals surface area (Å²) in [6.45, 7) is 0. The molecule has 0 radical (unpaired) electrons. The van der Waals surface area contributed by atoms with Crippen molar-refractivity contribution in [3.05, 3.63) is 18.0 Å².